The van der Waals surface area contributed by atoms with Crippen LogP contribution in [0.2, 0.25) is 0 Å². The predicted molar refractivity (Wildman–Crippen MR) is 64.5 cm³/mol. The molecule has 0 radical (unpaired) electrons. The first-order valence-electron chi connectivity index (χ1n) is 5.59. The second-order valence-electron chi connectivity index (χ2n) is 4.03. The standard InChI is InChI=1S/C13H19NO2/c1-10-5-3-6-12(11(10)2)9-14-8-4-7-13(15)16/h3,5-6,14H,4,7-9H2,1-2H3,(H,15,16). The molecule has 0 saturated carbocycles. The first-order chi connectivity index (χ1) is 7.61. The van der Waals surface area contributed by atoms with Gasteiger partial charge < -0.3 is 10.4 Å². The van der Waals surface area contributed by atoms with E-state index < -0.39 is 5.97 Å². The fourth-order valence-corrected chi connectivity index (χ4v) is 1.59. The Bertz CT molecular complexity index is 361. The third-order valence-corrected chi connectivity index (χ3v) is 2.78. The van der Waals surface area contributed by atoms with E-state index >= 15 is 0 Å². The average molecular weight is 221 g/mol. The molecular formula is C13H19NO2. The molecule has 0 bridgehead atoms. The molecular weight excluding hydrogens is 202 g/mol. The zero-order valence-electron chi connectivity index (χ0n) is 9.92. The van der Waals surface area contributed by atoms with Gasteiger partial charge in [0.2, 0.25) is 0 Å². The summed E-state index contributed by atoms with van der Waals surface area (Å²) < 4.78 is 0. The highest BCUT2D eigenvalue weighted by Crippen LogP contribution is 2.12. The van der Waals surface area contributed by atoms with Crippen molar-refractivity contribution in [3.63, 3.8) is 0 Å². The van der Waals surface area contributed by atoms with E-state index in [0.717, 1.165) is 13.1 Å². The van der Waals surface area contributed by atoms with E-state index in [2.05, 4.69) is 37.4 Å². The Morgan fingerprint density at radius 2 is 2.12 bits per heavy atom. The van der Waals surface area contributed by atoms with Gasteiger partial charge in [0.25, 0.3) is 0 Å². The summed E-state index contributed by atoms with van der Waals surface area (Å²) in [7, 11) is 0. The van der Waals surface area contributed by atoms with Gasteiger partial charge in [-0.3, -0.25) is 4.79 Å². The van der Waals surface area contributed by atoms with E-state index in [1.165, 1.54) is 16.7 Å². The highest BCUT2D eigenvalue weighted by Gasteiger charge is 2.00. The summed E-state index contributed by atoms with van der Waals surface area (Å²) in [6, 6.07) is 6.26. The molecule has 16 heavy (non-hydrogen) atoms. The maximum absolute atomic E-state index is 10.3. The van der Waals surface area contributed by atoms with Crippen molar-refractivity contribution in [3.8, 4) is 0 Å². The minimum atomic E-state index is -0.728. The molecule has 1 rings (SSSR count). The van der Waals surface area contributed by atoms with E-state index in [-0.39, 0.29) is 6.42 Å². The topological polar surface area (TPSA) is 49.3 Å². The van der Waals surface area contributed by atoms with Crippen LogP contribution < -0.4 is 5.32 Å². The summed E-state index contributed by atoms with van der Waals surface area (Å²) in [5, 5.41) is 11.7. The molecule has 88 valence electrons. The van der Waals surface area contributed by atoms with E-state index in [0.29, 0.717) is 6.42 Å². The van der Waals surface area contributed by atoms with Crippen molar-refractivity contribution in [2.24, 2.45) is 0 Å². The lowest BCUT2D eigenvalue weighted by molar-refractivity contribution is -0.137. The number of carbonyl (C=O) groups is 1. The average Bonchev–Trinajstić information content (AvgIpc) is 2.23. The van der Waals surface area contributed by atoms with Gasteiger partial charge >= 0.3 is 5.97 Å². The summed E-state index contributed by atoms with van der Waals surface area (Å²) in [5.41, 5.74) is 3.90. The maximum Gasteiger partial charge on any atom is 0.303 e. The highest BCUT2D eigenvalue weighted by molar-refractivity contribution is 5.66. The van der Waals surface area contributed by atoms with Crippen LogP contribution in [-0.2, 0) is 11.3 Å². The van der Waals surface area contributed by atoms with Gasteiger partial charge in [-0.25, -0.2) is 0 Å². The molecule has 0 aliphatic rings. The van der Waals surface area contributed by atoms with E-state index in [4.69, 9.17) is 5.11 Å². The van der Waals surface area contributed by atoms with Crippen molar-refractivity contribution >= 4 is 5.97 Å². The number of carboxylic acids is 1. The molecule has 0 unspecified atom stereocenters. The number of aliphatic carboxylic acids is 1. The van der Waals surface area contributed by atoms with Gasteiger partial charge in [0.15, 0.2) is 0 Å². The Labute approximate surface area is 96.5 Å². The number of benzene rings is 1. The normalized spacial score (nSPS) is 10.4. The smallest absolute Gasteiger partial charge is 0.303 e. The van der Waals surface area contributed by atoms with Gasteiger partial charge in [-0.15, -0.1) is 0 Å². The number of aryl methyl sites for hydroxylation is 1. The Morgan fingerprint density at radius 3 is 2.81 bits per heavy atom. The molecule has 3 nitrogen and oxygen atoms in total. The lowest BCUT2D eigenvalue weighted by Gasteiger charge is -2.09. The zero-order valence-corrected chi connectivity index (χ0v) is 9.92. The van der Waals surface area contributed by atoms with E-state index in [1.807, 2.05) is 0 Å². The van der Waals surface area contributed by atoms with Gasteiger partial charge in [-0.1, -0.05) is 18.2 Å². The van der Waals surface area contributed by atoms with Crippen LogP contribution in [0.4, 0.5) is 0 Å². The summed E-state index contributed by atoms with van der Waals surface area (Å²) >= 11 is 0. The zero-order chi connectivity index (χ0) is 12.0. The van der Waals surface area contributed by atoms with Crippen LogP contribution >= 0.6 is 0 Å². The summed E-state index contributed by atoms with van der Waals surface area (Å²) in [5.74, 6) is -0.728. The molecule has 0 amide bonds. The second-order valence-corrected chi connectivity index (χ2v) is 4.03. The van der Waals surface area contributed by atoms with Gasteiger partial charge in [0, 0.05) is 13.0 Å². The molecule has 0 aromatic heterocycles. The molecule has 0 aliphatic carbocycles. The number of rotatable bonds is 6. The Kier molecular flexibility index (Phi) is 4.99. The van der Waals surface area contributed by atoms with Crippen molar-refractivity contribution in [3.05, 3.63) is 34.9 Å². The lowest BCUT2D eigenvalue weighted by atomic mass is 10.0. The van der Waals surface area contributed by atoms with Crippen LogP contribution in [0.3, 0.4) is 0 Å². The number of hydrogen-bond donors (Lipinski definition) is 2. The Morgan fingerprint density at radius 1 is 1.38 bits per heavy atom. The maximum atomic E-state index is 10.3. The molecule has 0 aliphatic heterocycles. The van der Waals surface area contributed by atoms with E-state index in [9.17, 15) is 4.79 Å². The largest absolute Gasteiger partial charge is 0.481 e. The Balaban J connectivity index is 2.32. The molecule has 3 heteroatoms. The second kappa shape index (κ2) is 6.28. The summed E-state index contributed by atoms with van der Waals surface area (Å²) in [4.78, 5) is 10.3. The molecule has 0 heterocycles. The van der Waals surface area contributed by atoms with Crippen molar-refractivity contribution in [1.29, 1.82) is 0 Å². The van der Waals surface area contributed by atoms with Crippen molar-refractivity contribution in [2.45, 2.75) is 33.2 Å². The van der Waals surface area contributed by atoms with Gasteiger partial charge in [-0.05, 0) is 43.5 Å². The quantitative estimate of drug-likeness (QED) is 0.724. The molecule has 0 fully saturated rings. The van der Waals surface area contributed by atoms with Crippen LogP contribution in [0.25, 0.3) is 0 Å². The predicted octanol–water partition coefficient (Wildman–Crippen LogP) is 2.26. The first-order valence-corrected chi connectivity index (χ1v) is 5.59. The summed E-state index contributed by atoms with van der Waals surface area (Å²) in [6.07, 6.45) is 0.917. The SMILES string of the molecule is Cc1cccc(CNCCCC(=O)O)c1C. The molecule has 0 saturated heterocycles. The van der Waals surface area contributed by atoms with Crippen LogP contribution in [0, 0.1) is 13.8 Å². The van der Waals surface area contributed by atoms with Crippen molar-refractivity contribution in [1.82, 2.24) is 5.32 Å². The third kappa shape index (κ3) is 4.03. The van der Waals surface area contributed by atoms with Gasteiger partial charge in [0.1, 0.15) is 0 Å². The number of nitrogens with one attached hydrogen (secondary N) is 1. The lowest BCUT2D eigenvalue weighted by Crippen LogP contribution is -2.16. The van der Waals surface area contributed by atoms with Crippen LogP contribution in [0.15, 0.2) is 18.2 Å². The molecule has 1 aromatic carbocycles. The number of hydrogen-bond acceptors (Lipinski definition) is 2. The molecule has 1 aromatic rings. The fourth-order valence-electron chi connectivity index (χ4n) is 1.59. The Hall–Kier alpha value is -1.35. The minimum Gasteiger partial charge on any atom is -0.481 e. The molecule has 0 atom stereocenters. The monoisotopic (exact) mass is 221 g/mol. The van der Waals surface area contributed by atoms with Crippen LogP contribution in [0.1, 0.15) is 29.5 Å². The van der Waals surface area contributed by atoms with Crippen LogP contribution in [-0.4, -0.2) is 17.6 Å². The van der Waals surface area contributed by atoms with E-state index in [1.54, 1.807) is 0 Å². The first kappa shape index (κ1) is 12.7. The summed E-state index contributed by atoms with van der Waals surface area (Å²) in [6.45, 7) is 5.78. The number of carboxylic acid groups (broad SMARTS) is 1. The third-order valence-electron chi connectivity index (χ3n) is 2.78. The molecule has 0 spiro atoms. The van der Waals surface area contributed by atoms with Crippen molar-refractivity contribution < 1.29 is 9.90 Å². The minimum absolute atomic E-state index is 0.236. The van der Waals surface area contributed by atoms with Gasteiger partial charge in [0.05, 0.1) is 0 Å². The van der Waals surface area contributed by atoms with Gasteiger partial charge in [-0.2, -0.15) is 0 Å². The highest BCUT2D eigenvalue weighted by atomic mass is 16.4. The fraction of sp³-hybridized carbons (Fsp3) is 0.462. The molecule has 2 N–H and O–H groups in total. The van der Waals surface area contributed by atoms with Crippen molar-refractivity contribution in [2.75, 3.05) is 6.54 Å². The van der Waals surface area contributed by atoms with Crippen LogP contribution in [0.5, 0.6) is 0 Å².